The minimum Gasteiger partial charge on any atom is -0.481 e. The van der Waals surface area contributed by atoms with Gasteiger partial charge in [-0.2, -0.15) is 0 Å². The molecule has 0 aliphatic heterocycles. The molecule has 1 aromatic rings. The van der Waals surface area contributed by atoms with Gasteiger partial charge in [-0.3, -0.25) is 4.79 Å². The van der Waals surface area contributed by atoms with Gasteiger partial charge in [0.05, 0.1) is 5.75 Å². The van der Waals surface area contributed by atoms with Crippen LogP contribution in [-0.2, 0) is 10.3 Å². The van der Waals surface area contributed by atoms with E-state index in [1.807, 2.05) is 0 Å². The molecule has 112 valence electrons. The molecule has 2 unspecified atom stereocenters. The lowest BCUT2D eigenvalue weighted by Crippen LogP contribution is -2.27. The molecule has 1 aliphatic rings. The average molecular weight is 297 g/mol. The monoisotopic (exact) mass is 297 g/mol. The van der Waals surface area contributed by atoms with Gasteiger partial charge in [0.15, 0.2) is 5.16 Å². The average Bonchev–Trinajstić information content (AvgIpc) is 2.90. The molecule has 1 heterocycles. The Morgan fingerprint density at radius 2 is 2.10 bits per heavy atom. The van der Waals surface area contributed by atoms with Gasteiger partial charge in [-0.1, -0.05) is 25.1 Å². The van der Waals surface area contributed by atoms with Gasteiger partial charge in [0.25, 0.3) is 0 Å². The Morgan fingerprint density at radius 3 is 2.60 bits per heavy atom. The van der Waals surface area contributed by atoms with Crippen LogP contribution in [0.3, 0.4) is 0 Å². The van der Waals surface area contributed by atoms with Crippen molar-refractivity contribution in [3.63, 3.8) is 0 Å². The van der Waals surface area contributed by atoms with Gasteiger partial charge < -0.3 is 9.67 Å². The molecule has 0 aromatic carbocycles. The predicted octanol–water partition coefficient (Wildman–Crippen LogP) is 3.11. The molecule has 6 heteroatoms. The molecule has 0 bridgehead atoms. The van der Waals surface area contributed by atoms with E-state index in [4.69, 9.17) is 5.11 Å². The molecule has 0 saturated heterocycles. The first-order valence-corrected chi connectivity index (χ1v) is 8.09. The fourth-order valence-corrected chi connectivity index (χ4v) is 3.75. The first kappa shape index (κ1) is 15.4. The zero-order chi connectivity index (χ0) is 14.9. The third kappa shape index (κ3) is 3.16. The maximum Gasteiger partial charge on any atom is 0.313 e. The summed E-state index contributed by atoms with van der Waals surface area (Å²) in [7, 11) is 0. The van der Waals surface area contributed by atoms with Crippen molar-refractivity contribution in [2.24, 2.45) is 5.92 Å². The molecule has 1 N–H and O–H groups in total. The van der Waals surface area contributed by atoms with Gasteiger partial charge >= 0.3 is 5.97 Å². The number of carboxylic acid groups (broad SMARTS) is 1. The zero-order valence-corrected chi connectivity index (χ0v) is 13.4. The Hall–Kier alpha value is -1.04. The minimum atomic E-state index is -0.825. The molecular weight excluding hydrogens is 274 g/mol. The van der Waals surface area contributed by atoms with Crippen molar-refractivity contribution in [1.82, 2.24) is 14.8 Å². The van der Waals surface area contributed by atoms with Gasteiger partial charge in [0.2, 0.25) is 0 Å². The third-order valence-corrected chi connectivity index (χ3v) is 4.76. The van der Waals surface area contributed by atoms with Crippen molar-refractivity contribution in [2.45, 2.75) is 63.6 Å². The molecule has 20 heavy (non-hydrogen) atoms. The Kier molecular flexibility index (Phi) is 4.42. The fraction of sp³-hybridized carbons (Fsp3) is 0.786. The molecule has 1 saturated carbocycles. The van der Waals surface area contributed by atoms with E-state index in [0.717, 1.165) is 12.2 Å². The molecule has 2 atom stereocenters. The summed E-state index contributed by atoms with van der Waals surface area (Å²) in [5, 5.41) is 18.2. The summed E-state index contributed by atoms with van der Waals surface area (Å²) in [5.74, 6) is 1.29. The molecule has 5 nitrogen and oxygen atoms in total. The molecule has 1 aliphatic carbocycles. The van der Waals surface area contributed by atoms with Crippen LogP contribution in [0.1, 0.15) is 58.7 Å². The fourth-order valence-electron chi connectivity index (χ4n) is 2.90. The zero-order valence-electron chi connectivity index (χ0n) is 12.6. The minimum absolute atomic E-state index is 0.0223. The van der Waals surface area contributed by atoms with Crippen LogP contribution >= 0.6 is 11.8 Å². The van der Waals surface area contributed by atoms with Crippen molar-refractivity contribution in [3.8, 4) is 0 Å². The van der Waals surface area contributed by atoms with Gasteiger partial charge in [-0.15, -0.1) is 10.2 Å². The number of nitrogens with zero attached hydrogens (tertiary/aromatic N) is 3. The quantitative estimate of drug-likeness (QED) is 0.865. The van der Waals surface area contributed by atoms with Crippen molar-refractivity contribution in [3.05, 3.63) is 5.82 Å². The van der Waals surface area contributed by atoms with Crippen molar-refractivity contribution in [2.75, 3.05) is 5.75 Å². The molecule has 1 aromatic heterocycles. The van der Waals surface area contributed by atoms with Gasteiger partial charge in [-0.25, -0.2) is 0 Å². The number of thioether (sulfide) groups is 1. The highest BCUT2D eigenvalue weighted by atomic mass is 32.2. The summed E-state index contributed by atoms with van der Waals surface area (Å²) in [6.07, 6.45) is 3.62. The second-order valence-corrected chi connectivity index (χ2v) is 7.49. The first-order chi connectivity index (χ1) is 9.30. The van der Waals surface area contributed by atoms with Crippen molar-refractivity contribution in [1.29, 1.82) is 0 Å². The van der Waals surface area contributed by atoms with E-state index < -0.39 is 5.97 Å². The lowest BCUT2D eigenvalue weighted by Gasteiger charge is -2.27. The van der Waals surface area contributed by atoms with Crippen LogP contribution in [0.5, 0.6) is 0 Å². The van der Waals surface area contributed by atoms with Gasteiger partial charge in [0.1, 0.15) is 5.82 Å². The van der Waals surface area contributed by atoms with Crippen LogP contribution in [0, 0.1) is 5.92 Å². The van der Waals surface area contributed by atoms with Crippen molar-refractivity contribution < 1.29 is 9.90 Å². The van der Waals surface area contributed by atoms with E-state index in [1.165, 1.54) is 24.6 Å². The van der Waals surface area contributed by atoms with Crippen LogP contribution in [0.4, 0.5) is 0 Å². The maximum absolute atomic E-state index is 10.8. The number of aromatic nitrogens is 3. The number of hydrogen-bond acceptors (Lipinski definition) is 4. The number of rotatable bonds is 4. The van der Waals surface area contributed by atoms with Crippen LogP contribution < -0.4 is 0 Å². The molecule has 0 radical (unpaired) electrons. The topological polar surface area (TPSA) is 68.0 Å². The summed E-state index contributed by atoms with van der Waals surface area (Å²) in [6, 6.07) is 0. The summed E-state index contributed by atoms with van der Waals surface area (Å²) >= 11 is 1.25. The molecular formula is C14H23N3O2S. The van der Waals surface area contributed by atoms with Crippen molar-refractivity contribution >= 4 is 17.7 Å². The summed E-state index contributed by atoms with van der Waals surface area (Å²) in [6.45, 7) is 8.61. The van der Waals surface area contributed by atoms with Crippen LogP contribution in [0.15, 0.2) is 5.16 Å². The van der Waals surface area contributed by atoms with Crippen LogP contribution in [0.25, 0.3) is 0 Å². The Labute approximate surface area is 124 Å². The lowest BCUT2D eigenvalue weighted by atomic mass is 9.96. The van der Waals surface area contributed by atoms with E-state index >= 15 is 0 Å². The predicted molar refractivity (Wildman–Crippen MR) is 79.1 cm³/mol. The second kappa shape index (κ2) is 5.76. The standard InChI is InChI=1S/C14H23N3O2S/c1-9-6-5-7-10(9)12-15-16-13(20-8-11(18)19)17(12)14(2,3)4/h9-10H,5-8H2,1-4H3,(H,18,19). The van der Waals surface area contributed by atoms with Gasteiger partial charge in [0, 0.05) is 11.5 Å². The SMILES string of the molecule is CC1CCCC1c1nnc(SCC(=O)O)n1C(C)(C)C. The number of hydrogen-bond donors (Lipinski definition) is 1. The van der Waals surface area contributed by atoms with E-state index in [1.54, 1.807) is 0 Å². The Bertz CT molecular complexity index is 493. The highest BCUT2D eigenvalue weighted by molar-refractivity contribution is 7.99. The molecule has 1 fully saturated rings. The molecule has 0 amide bonds. The van der Waals surface area contributed by atoms with Gasteiger partial charge in [-0.05, 0) is 39.5 Å². The first-order valence-electron chi connectivity index (χ1n) is 7.11. The molecule has 0 spiro atoms. The molecule has 2 rings (SSSR count). The van der Waals surface area contributed by atoms with E-state index in [9.17, 15) is 4.79 Å². The highest BCUT2D eigenvalue weighted by Gasteiger charge is 2.33. The third-order valence-electron chi connectivity index (χ3n) is 3.85. The van der Waals surface area contributed by atoms with Crippen LogP contribution in [0.2, 0.25) is 0 Å². The summed E-state index contributed by atoms with van der Waals surface area (Å²) in [5.41, 5.74) is -0.137. The Morgan fingerprint density at radius 1 is 1.40 bits per heavy atom. The van der Waals surface area contributed by atoms with Crippen LogP contribution in [-0.4, -0.2) is 31.6 Å². The number of carbonyl (C=O) groups is 1. The van der Waals surface area contributed by atoms with E-state index in [2.05, 4.69) is 42.5 Å². The second-order valence-electron chi connectivity index (χ2n) is 6.54. The highest BCUT2D eigenvalue weighted by Crippen LogP contribution is 2.40. The largest absolute Gasteiger partial charge is 0.481 e. The summed E-state index contributed by atoms with van der Waals surface area (Å²) < 4.78 is 2.13. The number of aliphatic carboxylic acids is 1. The Balaban J connectivity index is 2.35. The maximum atomic E-state index is 10.8. The lowest BCUT2D eigenvalue weighted by molar-refractivity contribution is -0.133. The number of carboxylic acids is 1. The summed E-state index contributed by atoms with van der Waals surface area (Å²) in [4.78, 5) is 10.8. The van der Waals surface area contributed by atoms with E-state index in [-0.39, 0.29) is 11.3 Å². The normalized spacial score (nSPS) is 23.2. The van der Waals surface area contributed by atoms with E-state index in [0.29, 0.717) is 17.0 Å². The smallest absolute Gasteiger partial charge is 0.313 e.